The molecule has 0 fully saturated rings. The number of carbonyl (C=O) groups is 2. The molecule has 6 nitrogen and oxygen atoms in total. The van der Waals surface area contributed by atoms with E-state index in [4.69, 9.17) is 14.9 Å². The molecule has 0 saturated carbocycles. The number of unbranched alkanes of at least 4 members (excludes halogenated alkanes) is 5. The first-order valence-electron chi connectivity index (χ1n) is 7.74. The number of para-hydroxylation sites is 1. The number of ether oxygens (including phenoxy) is 1. The molecule has 23 heavy (non-hydrogen) atoms. The Morgan fingerprint density at radius 1 is 1.13 bits per heavy atom. The molecule has 125 valence electrons. The zero-order valence-electron chi connectivity index (χ0n) is 13.6. The number of phenols is 1. The molecular weight excluding hydrogens is 352 g/mol. The van der Waals surface area contributed by atoms with Crippen molar-refractivity contribution in [2.75, 3.05) is 6.61 Å². The van der Waals surface area contributed by atoms with Crippen molar-refractivity contribution >= 4 is 12.1 Å². The van der Waals surface area contributed by atoms with Crippen LogP contribution in [0.15, 0.2) is 24.3 Å². The van der Waals surface area contributed by atoms with Crippen molar-refractivity contribution in [1.82, 2.24) is 4.06 Å². The minimum absolute atomic E-state index is 0.0671. The molecule has 7 heteroatoms. The van der Waals surface area contributed by atoms with Gasteiger partial charge in [-0.25, -0.2) is 4.79 Å². The van der Waals surface area contributed by atoms with E-state index in [1.807, 2.05) is 0 Å². The van der Waals surface area contributed by atoms with E-state index in [2.05, 4.69) is 11.0 Å². The summed E-state index contributed by atoms with van der Waals surface area (Å²) in [6.45, 7) is 2.77. The van der Waals surface area contributed by atoms with E-state index in [0.29, 0.717) is 6.61 Å². The first-order chi connectivity index (χ1) is 11.0. The number of benzene rings is 1. The van der Waals surface area contributed by atoms with Gasteiger partial charge in [-0.15, -0.1) is 0 Å². The molecular formula is C16H24NO5Zn. The molecule has 1 aromatic carbocycles. The number of nitrogens with one attached hydrogen (secondary N) is 1. The smallest absolute Gasteiger partial charge is 0.339 e. The maximum atomic E-state index is 10.6. The van der Waals surface area contributed by atoms with Crippen LogP contribution in [0.4, 0.5) is 4.79 Å². The van der Waals surface area contributed by atoms with Gasteiger partial charge in [-0.3, -0.25) is 0 Å². The SMILES string of the molecule is CCCCCCCCOC(=O)[NH][Zn].O=C(O)c1ccccc1O. The van der Waals surface area contributed by atoms with Crippen molar-refractivity contribution in [3.63, 3.8) is 0 Å². The van der Waals surface area contributed by atoms with Crippen molar-refractivity contribution in [3.05, 3.63) is 29.8 Å². The van der Waals surface area contributed by atoms with E-state index in [9.17, 15) is 9.59 Å². The number of aromatic hydroxyl groups is 1. The summed E-state index contributed by atoms with van der Waals surface area (Å²) in [6, 6.07) is 5.81. The van der Waals surface area contributed by atoms with Crippen LogP contribution in [-0.4, -0.2) is 28.9 Å². The van der Waals surface area contributed by atoms with Crippen LogP contribution in [0.3, 0.4) is 0 Å². The topological polar surface area (TPSA) is 95.9 Å². The second kappa shape index (κ2) is 14.0. The molecule has 0 saturated heterocycles. The Kier molecular flexibility index (Phi) is 13.0. The molecule has 1 aromatic rings. The number of hydrogen-bond donors (Lipinski definition) is 3. The van der Waals surface area contributed by atoms with Gasteiger partial charge in [0.2, 0.25) is 0 Å². The fourth-order valence-electron chi connectivity index (χ4n) is 1.75. The van der Waals surface area contributed by atoms with E-state index in [1.54, 1.807) is 12.1 Å². The molecule has 0 aliphatic rings. The Hall–Kier alpha value is -1.62. The van der Waals surface area contributed by atoms with Gasteiger partial charge in [0, 0.05) is 0 Å². The van der Waals surface area contributed by atoms with Crippen LogP contribution in [0.5, 0.6) is 5.75 Å². The zero-order chi connectivity index (χ0) is 17.5. The van der Waals surface area contributed by atoms with Gasteiger partial charge in [0.15, 0.2) is 0 Å². The van der Waals surface area contributed by atoms with Gasteiger partial charge < -0.3 is 10.2 Å². The summed E-state index contributed by atoms with van der Waals surface area (Å²) in [5, 5.41) is 17.3. The third kappa shape index (κ3) is 11.6. The van der Waals surface area contributed by atoms with E-state index in [0.717, 1.165) is 25.0 Å². The molecule has 1 amide bonds. The number of carboxylic acid groups (broad SMARTS) is 1. The summed E-state index contributed by atoms with van der Waals surface area (Å²) in [4.78, 5) is 20.9. The van der Waals surface area contributed by atoms with Crippen LogP contribution in [0.2, 0.25) is 0 Å². The predicted molar refractivity (Wildman–Crippen MR) is 82.9 cm³/mol. The van der Waals surface area contributed by atoms with Crippen LogP contribution in [0.1, 0.15) is 55.8 Å². The van der Waals surface area contributed by atoms with Crippen LogP contribution in [0.25, 0.3) is 0 Å². The molecule has 0 radical (unpaired) electrons. The molecule has 0 spiro atoms. The van der Waals surface area contributed by atoms with Crippen LogP contribution in [-0.2, 0) is 23.3 Å². The zero-order valence-corrected chi connectivity index (χ0v) is 16.6. The molecule has 0 unspecified atom stereocenters. The molecule has 0 aliphatic heterocycles. The number of amides is 1. The average molecular weight is 376 g/mol. The number of aromatic carboxylic acids is 1. The van der Waals surface area contributed by atoms with E-state index >= 15 is 0 Å². The molecule has 0 aromatic heterocycles. The minimum Gasteiger partial charge on any atom is -0.507 e. The van der Waals surface area contributed by atoms with Crippen LogP contribution < -0.4 is 4.06 Å². The predicted octanol–water partition coefficient (Wildman–Crippen LogP) is 3.63. The molecule has 0 atom stereocenters. The van der Waals surface area contributed by atoms with Crippen LogP contribution in [0, 0.1) is 0 Å². The number of hydrogen-bond acceptors (Lipinski definition) is 4. The summed E-state index contributed by atoms with van der Waals surface area (Å²) in [5.41, 5.74) is -0.0671. The van der Waals surface area contributed by atoms with Crippen molar-refractivity contribution in [2.45, 2.75) is 45.4 Å². The third-order valence-electron chi connectivity index (χ3n) is 3.01. The van der Waals surface area contributed by atoms with E-state index in [1.165, 1.54) is 44.2 Å². The van der Waals surface area contributed by atoms with Gasteiger partial charge in [0.1, 0.15) is 11.3 Å². The Bertz CT molecular complexity index is 468. The Labute approximate surface area is 147 Å². The van der Waals surface area contributed by atoms with Gasteiger partial charge >= 0.3 is 96.2 Å². The van der Waals surface area contributed by atoms with Gasteiger partial charge in [-0.2, -0.15) is 0 Å². The molecule has 3 N–H and O–H groups in total. The Morgan fingerprint density at radius 2 is 1.74 bits per heavy atom. The first-order valence-corrected chi connectivity index (χ1v) is 9.22. The summed E-state index contributed by atoms with van der Waals surface area (Å²) >= 11 is 0.759. The van der Waals surface area contributed by atoms with E-state index in [-0.39, 0.29) is 17.4 Å². The fourth-order valence-corrected chi connectivity index (χ4v) is 1.97. The summed E-state index contributed by atoms with van der Waals surface area (Å²) < 4.78 is 7.42. The molecule has 1 rings (SSSR count). The van der Waals surface area contributed by atoms with E-state index < -0.39 is 5.97 Å². The first kappa shape index (κ1) is 21.4. The van der Waals surface area contributed by atoms with Crippen molar-refractivity contribution in [3.8, 4) is 5.75 Å². The monoisotopic (exact) mass is 374 g/mol. The molecule has 0 bridgehead atoms. The standard InChI is InChI=1S/C9H19NO2.C7H6O3.Zn/c1-2-3-4-5-6-7-8-12-9(10)11;8-6-4-2-1-3-5(6)7(9)10;/h2-8H2,1H3,(H2,10,11);1-4,8H,(H,9,10);/q;;+1/p-1. The average Bonchev–Trinajstić information content (AvgIpc) is 2.54. The summed E-state index contributed by atoms with van der Waals surface area (Å²) in [7, 11) is 0. The largest absolute Gasteiger partial charge is 0.507 e. The van der Waals surface area contributed by atoms with Gasteiger partial charge in [0.05, 0.1) is 0 Å². The summed E-state index contributed by atoms with van der Waals surface area (Å²) in [5.74, 6) is -1.31. The quantitative estimate of drug-likeness (QED) is 0.476. The number of rotatable bonds is 8. The van der Waals surface area contributed by atoms with Crippen LogP contribution >= 0.6 is 0 Å². The van der Waals surface area contributed by atoms with Crippen molar-refractivity contribution in [1.29, 1.82) is 0 Å². The number of carboxylic acids is 1. The van der Waals surface area contributed by atoms with Crippen molar-refractivity contribution < 1.29 is 43.1 Å². The fraction of sp³-hybridized carbons (Fsp3) is 0.500. The van der Waals surface area contributed by atoms with Crippen molar-refractivity contribution in [2.24, 2.45) is 0 Å². The number of carbonyl (C=O) groups excluding carboxylic acids is 1. The normalized spacial score (nSPS) is 9.52. The van der Waals surface area contributed by atoms with Gasteiger partial charge in [-0.05, 0) is 12.1 Å². The molecule has 0 aliphatic carbocycles. The van der Waals surface area contributed by atoms with Gasteiger partial charge in [-0.1, -0.05) is 12.1 Å². The maximum Gasteiger partial charge on any atom is 0.339 e. The molecule has 0 heterocycles. The summed E-state index contributed by atoms with van der Waals surface area (Å²) in [6.07, 6.45) is 7.07. The second-order valence-corrected chi connectivity index (χ2v) is 5.64. The third-order valence-corrected chi connectivity index (χ3v) is 3.62. The second-order valence-electron chi connectivity index (χ2n) is 4.90. The Balaban J connectivity index is 0.000000433. The Morgan fingerprint density at radius 3 is 2.26 bits per heavy atom. The maximum absolute atomic E-state index is 10.6. The minimum atomic E-state index is -1.11. The van der Waals surface area contributed by atoms with Gasteiger partial charge in [0.25, 0.3) is 0 Å².